The third kappa shape index (κ3) is 3.58. The molecule has 3 nitrogen and oxygen atoms in total. The Morgan fingerprint density at radius 2 is 1.50 bits per heavy atom. The molecule has 2 rings (SSSR count). The third-order valence-corrected chi connectivity index (χ3v) is 4.76. The smallest absolute Gasteiger partial charge is 0.403 e. The van der Waals surface area contributed by atoms with Crippen molar-refractivity contribution in [3.05, 3.63) is 29.8 Å². The van der Waals surface area contributed by atoms with Crippen molar-refractivity contribution in [3.63, 3.8) is 0 Å². The predicted octanol–water partition coefficient (Wildman–Crippen LogP) is 3.43. The molecule has 0 N–H and O–H groups in total. The van der Waals surface area contributed by atoms with Crippen LogP contribution in [0.5, 0.6) is 0 Å². The van der Waals surface area contributed by atoms with Crippen LogP contribution in [-0.4, -0.2) is 36.7 Å². The van der Waals surface area contributed by atoms with Gasteiger partial charge >= 0.3 is 7.12 Å². The number of nitrogens with zero attached hydrogens (tertiary/aromatic N) is 1. The second-order valence-corrected chi connectivity index (χ2v) is 7.82. The van der Waals surface area contributed by atoms with Gasteiger partial charge in [-0.05, 0) is 71.4 Å². The normalized spacial score (nSPS) is 20.6. The van der Waals surface area contributed by atoms with Gasteiger partial charge < -0.3 is 9.31 Å². The highest BCUT2D eigenvalue weighted by Gasteiger charge is 2.50. The molecule has 1 aromatic carbocycles. The minimum Gasteiger partial charge on any atom is -0.403 e. The molecule has 1 aliphatic heterocycles. The lowest BCUT2D eigenvalue weighted by Gasteiger charge is -2.32. The average molecular weight is 293 g/mol. The number of hydrogen-bond acceptors (Lipinski definition) is 4. The summed E-state index contributed by atoms with van der Waals surface area (Å²) in [5.41, 5.74) is 0.739. The first kappa shape index (κ1) is 15.9. The van der Waals surface area contributed by atoms with E-state index >= 15 is 0 Å². The van der Waals surface area contributed by atoms with Crippen LogP contribution in [0, 0.1) is 0 Å². The summed E-state index contributed by atoms with van der Waals surface area (Å²) in [7, 11) is 3.93. The van der Waals surface area contributed by atoms with E-state index in [2.05, 4.69) is 56.3 Å². The molecule has 1 heterocycles. The van der Waals surface area contributed by atoms with Crippen molar-refractivity contribution in [2.45, 2.75) is 50.1 Å². The zero-order valence-corrected chi connectivity index (χ0v) is 14.1. The molecule has 0 amide bonds. The molecule has 20 heavy (non-hydrogen) atoms. The largest absolute Gasteiger partial charge is 0.462 e. The van der Waals surface area contributed by atoms with Crippen LogP contribution in [0.25, 0.3) is 0 Å². The minimum absolute atomic E-state index is 0.160. The Hall–Kier alpha value is -0.485. The van der Waals surface area contributed by atoms with Gasteiger partial charge in [0.2, 0.25) is 0 Å². The van der Waals surface area contributed by atoms with Crippen LogP contribution < -0.4 is 0 Å². The maximum absolute atomic E-state index is 6.03. The Morgan fingerprint density at radius 1 is 1.00 bits per heavy atom. The fourth-order valence-electron chi connectivity index (χ4n) is 2.14. The lowest BCUT2D eigenvalue weighted by Crippen LogP contribution is -2.41. The number of benzene rings is 1. The summed E-state index contributed by atoms with van der Waals surface area (Å²) in [5.74, 6) is 0. The first-order valence-corrected chi connectivity index (χ1v) is 7.77. The second kappa shape index (κ2) is 5.72. The molecule has 0 aliphatic carbocycles. The van der Waals surface area contributed by atoms with Gasteiger partial charge in [-0.25, -0.2) is 0 Å². The quantitative estimate of drug-likeness (QED) is 0.626. The van der Waals surface area contributed by atoms with Crippen LogP contribution in [0.1, 0.15) is 33.3 Å². The summed E-state index contributed by atoms with van der Waals surface area (Å²) < 4.78 is 14.1. The van der Waals surface area contributed by atoms with E-state index in [1.54, 1.807) is 11.9 Å². The summed E-state index contributed by atoms with van der Waals surface area (Å²) in [6.45, 7) is 8.35. The first-order chi connectivity index (χ1) is 9.19. The molecule has 0 unspecified atom stereocenters. The maximum Gasteiger partial charge on any atom is 0.462 e. The molecule has 1 saturated heterocycles. The van der Waals surface area contributed by atoms with Gasteiger partial charge in [0.25, 0.3) is 0 Å². The van der Waals surface area contributed by atoms with Crippen molar-refractivity contribution >= 4 is 19.1 Å². The van der Waals surface area contributed by atoms with E-state index in [-0.39, 0.29) is 18.3 Å². The van der Waals surface area contributed by atoms with Crippen molar-refractivity contribution in [1.82, 2.24) is 4.31 Å². The van der Waals surface area contributed by atoms with Crippen LogP contribution >= 0.6 is 11.9 Å². The van der Waals surface area contributed by atoms with E-state index in [4.69, 9.17) is 9.31 Å². The third-order valence-electron chi connectivity index (χ3n) is 3.92. The van der Waals surface area contributed by atoms with Crippen molar-refractivity contribution in [1.29, 1.82) is 0 Å². The van der Waals surface area contributed by atoms with Gasteiger partial charge in [-0.3, -0.25) is 4.31 Å². The molecule has 0 aromatic heterocycles. The van der Waals surface area contributed by atoms with Crippen LogP contribution in [-0.2, 0) is 15.6 Å². The van der Waals surface area contributed by atoms with Gasteiger partial charge in [-0.2, -0.15) is 0 Å². The highest BCUT2D eigenvalue weighted by molar-refractivity contribution is 7.97. The zero-order chi connectivity index (χ0) is 15.0. The molecular weight excluding hydrogens is 269 g/mol. The standard InChI is InChI=1S/C15H24BNO2S/c1-14(2)15(3,4)19-16(18-14)11-12-7-9-13(10-8-12)20-17(5)6/h7-10H,11H2,1-6H3. The molecule has 1 aliphatic rings. The van der Waals surface area contributed by atoms with Gasteiger partial charge in [0.1, 0.15) is 0 Å². The van der Waals surface area contributed by atoms with Crippen LogP contribution in [0.4, 0.5) is 0 Å². The fourth-order valence-corrected chi connectivity index (χ4v) is 2.82. The van der Waals surface area contributed by atoms with Crippen LogP contribution in [0.15, 0.2) is 29.2 Å². The molecule has 0 radical (unpaired) electrons. The lowest BCUT2D eigenvalue weighted by atomic mass is 9.81. The SMILES string of the molecule is CN(C)Sc1ccc(CB2OC(C)(C)C(C)(C)O2)cc1. The monoisotopic (exact) mass is 293 g/mol. The summed E-state index contributed by atoms with van der Waals surface area (Å²) >= 11 is 1.72. The average Bonchev–Trinajstić information content (AvgIpc) is 2.49. The zero-order valence-electron chi connectivity index (χ0n) is 13.3. The van der Waals surface area contributed by atoms with Gasteiger partial charge in [0.05, 0.1) is 11.2 Å². The Kier molecular flexibility index (Phi) is 4.55. The summed E-state index contributed by atoms with van der Waals surface area (Å²) in [4.78, 5) is 1.24. The predicted molar refractivity (Wildman–Crippen MR) is 85.8 cm³/mol. The first-order valence-electron chi connectivity index (χ1n) is 6.99. The van der Waals surface area contributed by atoms with E-state index in [0.29, 0.717) is 0 Å². The van der Waals surface area contributed by atoms with Crippen LogP contribution in [0.2, 0.25) is 0 Å². The molecule has 1 aromatic rings. The highest BCUT2D eigenvalue weighted by Crippen LogP contribution is 2.37. The van der Waals surface area contributed by atoms with E-state index in [1.165, 1.54) is 10.5 Å². The topological polar surface area (TPSA) is 21.7 Å². The Morgan fingerprint density at radius 3 is 1.95 bits per heavy atom. The molecule has 1 fully saturated rings. The molecule has 0 saturated carbocycles. The van der Waals surface area contributed by atoms with Gasteiger partial charge in [-0.15, -0.1) is 0 Å². The Bertz CT molecular complexity index is 443. The molecule has 0 spiro atoms. The van der Waals surface area contributed by atoms with Crippen molar-refractivity contribution in [2.75, 3.05) is 14.1 Å². The summed E-state index contributed by atoms with van der Waals surface area (Å²) in [6.07, 6.45) is 0.791. The molecule has 5 heteroatoms. The summed E-state index contributed by atoms with van der Waals surface area (Å²) in [5, 5.41) is 0. The molecule has 110 valence electrons. The Balaban J connectivity index is 1.98. The van der Waals surface area contributed by atoms with Crippen molar-refractivity contribution in [3.8, 4) is 0 Å². The summed E-state index contributed by atoms with van der Waals surface area (Å²) in [6, 6.07) is 8.59. The highest BCUT2D eigenvalue weighted by atomic mass is 32.2. The minimum atomic E-state index is -0.252. The van der Waals surface area contributed by atoms with Crippen molar-refractivity contribution < 1.29 is 9.31 Å². The van der Waals surface area contributed by atoms with Gasteiger partial charge in [0.15, 0.2) is 0 Å². The van der Waals surface area contributed by atoms with E-state index in [1.807, 2.05) is 14.1 Å². The molecular formula is C15H24BNO2S. The van der Waals surface area contributed by atoms with Crippen molar-refractivity contribution in [2.24, 2.45) is 0 Å². The Labute approximate surface area is 127 Å². The lowest BCUT2D eigenvalue weighted by molar-refractivity contribution is 0.00578. The maximum atomic E-state index is 6.03. The number of hydrogen-bond donors (Lipinski definition) is 0. The van der Waals surface area contributed by atoms with Crippen LogP contribution in [0.3, 0.4) is 0 Å². The van der Waals surface area contributed by atoms with Gasteiger partial charge in [-0.1, -0.05) is 12.1 Å². The second-order valence-electron chi connectivity index (χ2n) is 6.44. The van der Waals surface area contributed by atoms with Gasteiger partial charge in [0, 0.05) is 11.2 Å². The number of rotatable bonds is 4. The molecule has 0 bridgehead atoms. The van der Waals surface area contributed by atoms with E-state index in [0.717, 1.165) is 6.32 Å². The molecule has 0 atom stereocenters. The van der Waals surface area contributed by atoms with E-state index < -0.39 is 0 Å². The van der Waals surface area contributed by atoms with E-state index in [9.17, 15) is 0 Å². The fraction of sp³-hybridized carbons (Fsp3) is 0.600.